The van der Waals surface area contributed by atoms with Crippen molar-refractivity contribution < 1.29 is 19.2 Å². The molecular weight excluding hydrogens is 392 g/mol. The number of hydrogen-bond acceptors (Lipinski definition) is 5. The molecule has 0 aliphatic carbocycles. The van der Waals surface area contributed by atoms with Crippen LogP contribution in [0.3, 0.4) is 0 Å². The lowest BCUT2D eigenvalue weighted by atomic mass is 9.93. The first-order valence-corrected chi connectivity index (χ1v) is 10.2. The molecule has 1 saturated heterocycles. The normalized spacial score (nSPS) is 18.2. The summed E-state index contributed by atoms with van der Waals surface area (Å²) in [5, 5.41) is 15.0. The van der Waals surface area contributed by atoms with E-state index in [0.717, 1.165) is 11.1 Å². The molecule has 1 N–H and O–H groups in total. The number of aryl methyl sites for hydroxylation is 2. The molecule has 0 saturated carbocycles. The van der Waals surface area contributed by atoms with E-state index in [1.165, 1.54) is 4.90 Å². The smallest absolute Gasteiger partial charge is 0.301 e. The quantitative estimate of drug-likeness (QED) is 0.366. The average molecular weight is 416 g/mol. The Labute approximate surface area is 180 Å². The SMILES string of the molecule is Cc1ccc(C(O)=C2C(=O)C(=O)N(c3cc(C)on3)[C@@H]2c2ccc(C(C)C)cc2)cc1. The van der Waals surface area contributed by atoms with Gasteiger partial charge in [-0.25, -0.2) is 0 Å². The molecule has 3 aromatic rings. The molecule has 2 heterocycles. The van der Waals surface area contributed by atoms with Crippen LogP contribution in [-0.2, 0) is 9.59 Å². The van der Waals surface area contributed by atoms with Crippen molar-refractivity contribution in [2.24, 2.45) is 0 Å². The lowest BCUT2D eigenvalue weighted by Gasteiger charge is -2.23. The number of aliphatic hydroxyl groups excluding tert-OH is 1. The second kappa shape index (κ2) is 7.87. The molecule has 1 amide bonds. The van der Waals surface area contributed by atoms with E-state index < -0.39 is 17.7 Å². The summed E-state index contributed by atoms with van der Waals surface area (Å²) in [6, 6.07) is 15.7. The molecule has 1 aromatic heterocycles. The Morgan fingerprint density at radius 3 is 2.23 bits per heavy atom. The van der Waals surface area contributed by atoms with Gasteiger partial charge in [0.15, 0.2) is 5.82 Å². The van der Waals surface area contributed by atoms with E-state index in [0.29, 0.717) is 22.8 Å². The zero-order valence-corrected chi connectivity index (χ0v) is 17.9. The third-order valence-corrected chi connectivity index (χ3v) is 5.55. The predicted molar refractivity (Wildman–Crippen MR) is 118 cm³/mol. The van der Waals surface area contributed by atoms with E-state index in [1.807, 2.05) is 43.3 Å². The second-order valence-corrected chi connectivity index (χ2v) is 8.15. The first-order valence-electron chi connectivity index (χ1n) is 10.2. The first-order chi connectivity index (χ1) is 14.8. The summed E-state index contributed by atoms with van der Waals surface area (Å²) < 4.78 is 5.16. The third-order valence-electron chi connectivity index (χ3n) is 5.55. The van der Waals surface area contributed by atoms with Gasteiger partial charge in [0.05, 0.1) is 11.6 Å². The van der Waals surface area contributed by atoms with Crippen molar-refractivity contribution in [2.45, 2.75) is 39.7 Å². The van der Waals surface area contributed by atoms with Crippen molar-refractivity contribution in [1.82, 2.24) is 5.16 Å². The summed E-state index contributed by atoms with van der Waals surface area (Å²) in [4.78, 5) is 27.4. The van der Waals surface area contributed by atoms with E-state index >= 15 is 0 Å². The Balaban J connectivity index is 1.91. The van der Waals surface area contributed by atoms with Crippen LogP contribution in [0.2, 0.25) is 0 Å². The zero-order valence-electron chi connectivity index (χ0n) is 17.9. The van der Waals surface area contributed by atoms with Gasteiger partial charge >= 0.3 is 5.91 Å². The standard InChI is InChI=1S/C25H24N2O4/c1-14(2)17-9-11-18(12-10-17)22-21(23(28)19-7-5-15(3)6-8-19)24(29)25(30)27(22)20-13-16(4)31-26-20/h5-14,22,28H,1-4H3/t22-/m1/s1. The van der Waals surface area contributed by atoms with Crippen molar-refractivity contribution in [3.05, 3.63) is 88.2 Å². The monoisotopic (exact) mass is 416 g/mol. The highest BCUT2D eigenvalue weighted by Gasteiger charge is 2.48. The predicted octanol–water partition coefficient (Wildman–Crippen LogP) is 5.04. The van der Waals surface area contributed by atoms with Crippen LogP contribution in [-0.4, -0.2) is 22.0 Å². The summed E-state index contributed by atoms with van der Waals surface area (Å²) in [5.41, 5.74) is 3.38. The zero-order chi connectivity index (χ0) is 22.3. The molecule has 31 heavy (non-hydrogen) atoms. The molecule has 0 bridgehead atoms. The van der Waals surface area contributed by atoms with E-state index in [9.17, 15) is 14.7 Å². The minimum absolute atomic E-state index is 0.0341. The highest BCUT2D eigenvalue weighted by Crippen LogP contribution is 2.42. The largest absolute Gasteiger partial charge is 0.507 e. The number of Topliss-reactive ketones (excluding diaryl/α,β-unsaturated/α-hetero) is 1. The van der Waals surface area contributed by atoms with E-state index in [2.05, 4.69) is 19.0 Å². The molecular formula is C25H24N2O4. The molecule has 1 atom stereocenters. The molecule has 1 fully saturated rings. The van der Waals surface area contributed by atoms with E-state index in [4.69, 9.17) is 4.52 Å². The number of aliphatic hydroxyl groups is 1. The number of carbonyl (C=O) groups excluding carboxylic acids is 2. The minimum Gasteiger partial charge on any atom is -0.507 e. The average Bonchev–Trinajstić information content (AvgIpc) is 3.29. The summed E-state index contributed by atoms with van der Waals surface area (Å²) in [6.07, 6.45) is 0. The Hall–Kier alpha value is -3.67. The van der Waals surface area contributed by atoms with Crippen LogP contribution in [0.5, 0.6) is 0 Å². The van der Waals surface area contributed by atoms with Gasteiger partial charge in [0.1, 0.15) is 11.5 Å². The number of benzene rings is 2. The van der Waals surface area contributed by atoms with Gasteiger partial charge in [-0.15, -0.1) is 0 Å². The number of nitrogens with zero attached hydrogens (tertiary/aromatic N) is 2. The van der Waals surface area contributed by atoms with Crippen LogP contribution in [0.15, 0.2) is 64.7 Å². The van der Waals surface area contributed by atoms with Gasteiger partial charge in [0, 0.05) is 11.6 Å². The van der Waals surface area contributed by atoms with Crippen molar-refractivity contribution in [3.8, 4) is 0 Å². The number of ketones is 1. The van der Waals surface area contributed by atoms with Gasteiger partial charge in [-0.2, -0.15) is 0 Å². The highest BCUT2D eigenvalue weighted by molar-refractivity contribution is 6.51. The summed E-state index contributed by atoms with van der Waals surface area (Å²) in [5.74, 6) is -0.619. The Morgan fingerprint density at radius 1 is 1.03 bits per heavy atom. The maximum Gasteiger partial charge on any atom is 0.301 e. The Bertz CT molecular complexity index is 1170. The number of rotatable bonds is 4. The van der Waals surface area contributed by atoms with Crippen LogP contribution in [0.1, 0.15) is 53.8 Å². The number of carbonyl (C=O) groups is 2. The number of aromatic nitrogens is 1. The number of amides is 1. The fourth-order valence-electron chi connectivity index (χ4n) is 3.78. The molecule has 2 aromatic carbocycles. The topological polar surface area (TPSA) is 83.6 Å². The van der Waals surface area contributed by atoms with Crippen molar-refractivity contribution >= 4 is 23.3 Å². The summed E-state index contributed by atoms with van der Waals surface area (Å²) in [7, 11) is 0. The molecule has 0 radical (unpaired) electrons. The van der Waals surface area contributed by atoms with Crippen LogP contribution in [0.25, 0.3) is 5.76 Å². The lowest BCUT2D eigenvalue weighted by molar-refractivity contribution is -0.132. The highest BCUT2D eigenvalue weighted by atomic mass is 16.5. The second-order valence-electron chi connectivity index (χ2n) is 8.15. The van der Waals surface area contributed by atoms with Crippen LogP contribution in [0.4, 0.5) is 5.82 Å². The van der Waals surface area contributed by atoms with Gasteiger partial charge in [-0.1, -0.05) is 73.1 Å². The molecule has 1 aliphatic heterocycles. The number of anilines is 1. The molecule has 6 nitrogen and oxygen atoms in total. The molecule has 4 rings (SSSR count). The summed E-state index contributed by atoms with van der Waals surface area (Å²) in [6.45, 7) is 7.84. The molecule has 1 aliphatic rings. The third kappa shape index (κ3) is 3.65. The van der Waals surface area contributed by atoms with Crippen molar-refractivity contribution in [3.63, 3.8) is 0 Å². The van der Waals surface area contributed by atoms with Gasteiger partial charge in [0.25, 0.3) is 5.78 Å². The van der Waals surface area contributed by atoms with Crippen LogP contribution < -0.4 is 4.90 Å². The fraction of sp³-hybridized carbons (Fsp3) is 0.240. The van der Waals surface area contributed by atoms with E-state index in [1.54, 1.807) is 25.1 Å². The maximum atomic E-state index is 13.1. The maximum absolute atomic E-state index is 13.1. The van der Waals surface area contributed by atoms with Gasteiger partial charge in [-0.3, -0.25) is 14.5 Å². The first kappa shape index (κ1) is 20.6. The molecule has 0 spiro atoms. The number of hydrogen-bond donors (Lipinski definition) is 1. The Morgan fingerprint density at radius 2 is 1.68 bits per heavy atom. The van der Waals surface area contributed by atoms with Crippen molar-refractivity contribution in [1.29, 1.82) is 0 Å². The molecule has 158 valence electrons. The van der Waals surface area contributed by atoms with E-state index in [-0.39, 0.29) is 17.2 Å². The lowest BCUT2D eigenvalue weighted by Crippen LogP contribution is -2.29. The summed E-state index contributed by atoms with van der Waals surface area (Å²) >= 11 is 0. The van der Waals surface area contributed by atoms with Crippen LogP contribution in [0, 0.1) is 13.8 Å². The minimum atomic E-state index is -0.813. The van der Waals surface area contributed by atoms with Gasteiger partial charge in [-0.05, 0) is 30.9 Å². The van der Waals surface area contributed by atoms with Crippen molar-refractivity contribution in [2.75, 3.05) is 4.90 Å². The molecule has 6 heteroatoms. The Kier molecular flexibility index (Phi) is 5.23. The fourth-order valence-corrected chi connectivity index (χ4v) is 3.78. The molecule has 0 unspecified atom stereocenters. The van der Waals surface area contributed by atoms with Gasteiger partial charge in [0.2, 0.25) is 0 Å². The van der Waals surface area contributed by atoms with Crippen LogP contribution >= 0.6 is 0 Å². The van der Waals surface area contributed by atoms with Gasteiger partial charge < -0.3 is 9.63 Å².